The van der Waals surface area contributed by atoms with Crippen LogP contribution in [-0.4, -0.2) is 46.2 Å². The molecule has 1 saturated carbocycles. The van der Waals surface area contributed by atoms with E-state index in [1.807, 2.05) is 0 Å². The van der Waals surface area contributed by atoms with Crippen molar-refractivity contribution in [3.63, 3.8) is 0 Å². The fourth-order valence-electron chi connectivity index (χ4n) is 3.75. The molecule has 1 aliphatic heterocycles. The van der Waals surface area contributed by atoms with Gasteiger partial charge in [0, 0.05) is 37.8 Å². The number of nitrogens with one attached hydrogen (secondary N) is 1. The zero-order valence-corrected chi connectivity index (χ0v) is 17.6. The fourth-order valence-corrected chi connectivity index (χ4v) is 3.75. The van der Waals surface area contributed by atoms with Gasteiger partial charge in [0.15, 0.2) is 0 Å². The van der Waals surface area contributed by atoms with Crippen LogP contribution in [0, 0.1) is 17.3 Å². The van der Waals surface area contributed by atoms with Crippen LogP contribution in [0.4, 0.5) is 23.4 Å². The molecule has 2 atom stereocenters. The van der Waals surface area contributed by atoms with E-state index >= 15 is 0 Å². The fraction of sp³-hybridized carbons (Fsp3) is 0.619. The van der Waals surface area contributed by atoms with E-state index in [9.17, 15) is 17.6 Å². The highest BCUT2D eigenvalue weighted by Gasteiger charge is 2.44. The van der Waals surface area contributed by atoms with E-state index in [-0.39, 0.29) is 12.1 Å². The molecule has 0 spiro atoms. The van der Waals surface area contributed by atoms with E-state index in [1.54, 1.807) is 0 Å². The van der Waals surface area contributed by atoms with Gasteiger partial charge in [-0.1, -0.05) is 20.8 Å². The molecule has 1 saturated heterocycles. The average Bonchev–Trinajstić information content (AvgIpc) is 3.00. The second kappa shape index (κ2) is 8.53. The van der Waals surface area contributed by atoms with Gasteiger partial charge in [-0.2, -0.15) is 13.2 Å². The maximum absolute atomic E-state index is 12.8. The number of alkyl halides is 4. The first-order valence-corrected chi connectivity index (χ1v) is 10.1. The number of H-pyrrole nitrogens is 1. The Kier molecular flexibility index (Phi) is 6.40. The molecule has 1 aliphatic carbocycles. The number of hydrogen-bond donors (Lipinski definition) is 2. The third-order valence-electron chi connectivity index (χ3n) is 5.32. The Balaban J connectivity index is 0.000000234. The molecule has 0 aromatic carbocycles. The van der Waals surface area contributed by atoms with Crippen molar-refractivity contribution in [1.29, 1.82) is 0 Å². The molecule has 3 N–H and O–H groups in total. The maximum atomic E-state index is 12.8. The van der Waals surface area contributed by atoms with Gasteiger partial charge in [0.25, 0.3) is 0 Å². The van der Waals surface area contributed by atoms with Crippen molar-refractivity contribution in [2.75, 3.05) is 32.0 Å². The lowest BCUT2D eigenvalue weighted by atomic mass is 9.92. The number of nitrogens with zero attached hydrogens (tertiary/aromatic N) is 3. The van der Waals surface area contributed by atoms with Gasteiger partial charge in [0.1, 0.15) is 18.3 Å². The molecule has 2 fully saturated rings. The van der Waals surface area contributed by atoms with Crippen LogP contribution < -0.4 is 5.73 Å². The van der Waals surface area contributed by atoms with Crippen molar-refractivity contribution in [1.82, 2.24) is 19.9 Å². The van der Waals surface area contributed by atoms with Crippen LogP contribution in [0.3, 0.4) is 0 Å². The van der Waals surface area contributed by atoms with Gasteiger partial charge < -0.3 is 15.6 Å². The second-order valence-corrected chi connectivity index (χ2v) is 9.34. The lowest BCUT2D eigenvalue weighted by Gasteiger charge is -2.15. The number of piperidine rings is 1. The number of aromatic amines is 1. The molecule has 2 aromatic rings. The Morgan fingerprint density at radius 3 is 2.37 bits per heavy atom. The van der Waals surface area contributed by atoms with Crippen molar-refractivity contribution in [3.8, 4) is 11.3 Å². The highest BCUT2D eigenvalue weighted by atomic mass is 19.4. The standard InChI is InChI=1S/C14H17F3N4.C7H12FN/c1-13(2,3)5-11-19-7-10(21-11)8-4-9(14(15,16)17)12(18)20-6-8;8-1-2-9-4-6-3-7(6)5-9/h4,6-7H,5H2,1-3H3,(H2,18,20)(H,19,21);6-7H,1-5H2. The minimum Gasteiger partial charge on any atom is -0.383 e. The Morgan fingerprint density at radius 2 is 1.80 bits per heavy atom. The maximum Gasteiger partial charge on any atom is 0.419 e. The molecule has 166 valence electrons. The first kappa shape index (κ1) is 22.5. The van der Waals surface area contributed by atoms with Crippen molar-refractivity contribution < 1.29 is 17.6 Å². The number of nitrogens with two attached hydrogens (primary N) is 1. The Bertz CT molecular complexity index is 846. The summed E-state index contributed by atoms with van der Waals surface area (Å²) >= 11 is 0. The second-order valence-electron chi connectivity index (χ2n) is 9.34. The first-order chi connectivity index (χ1) is 14.0. The summed E-state index contributed by atoms with van der Waals surface area (Å²) < 4.78 is 50.2. The van der Waals surface area contributed by atoms with E-state index in [0.29, 0.717) is 24.2 Å². The summed E-state index contributed by atoms with van der Waals surface area (Å²) in [6.07, 6.45) is 0.402. The minimum absolute atomic E-state index is 0.0334. The van der Waals surface area contributed by atoms with Gasteiger partial charge in [0.2, 0.25) is 0 Å². The molecule has 3 heterocycles. The van der Waals surface area contributed by atoms with E-state index in [1.165, 1.54) is 31.9 Å². The third kappa shape index (κ3) is 5.93. The van der Waals surface area contributed by atoms with E-state index < -0.39 is 17.6 Å². The lowest BCUT2D eigenvalue weighted by molar-refractivity contribution is -0.137. The van der Waals surface area contributed by atoms with Crippen molar-refractivity contribution in [3.05, 3.63) is 29.8 Å². The van der Waals surface area contributed by atoms with Gasteiger partial charge in [0.05, 0.1) is 17.5 Å². The van der Waals surface area contributed by atoms with Gasteiger partial charge in [-0.25, -0.2) is 14.4 Å². The van der Waals surface area contributed by atoms with Crippen LogP contribution in [0.5, 0.6) is 0 Å². The highest BCUT2D eigenvalue weighted by Crippen LogP contribution is 2.44. The average molecular weight is 427 g/mol. The predicted molar refractivity (Wildman–Crippen MR) is 108 cm³/mol. The third-order valence-corrected chi connectivity index (χ3v) is 5.32. The Morgan fingerprint density at radius 1 is 1.13 bits per heavy atom. The summed E-state index contributed by atoms with van der Waals surface area (Å²) in [6, 6.07) is 0.983. The number of fused-ring (bicyclic) bond motifs is 1. The van der Waals surface area contributed by atoms with Crippen molar-refractivity contribution >= 4 is 5.82 Å². The van der Waals surface area contributed by atoms with Crippen LogP contribution in [-0.2, 0) is 12.6 Å². The summed E-state index contributed by atoms with van der Waals surface area (Å²) in [6.45, 7) is 9.03. The molecule has 0 bridgehead atoms. The zero-order valence-electron chi connectivity index (χ0n) is 17.6. The van der Waals surface area contributed by atoms with Gasteiger partial charge >= 0.3 is 6.18 Å². The van der Waals surface area contributed by atoms with Crippen LogP contribution in [0.2, 0.25) is 0 Å². The highest BCUT2D eigenvalue weighted by molar-refractivity contribution is 5.61. The number of anilines is 1. The zero-order chi connectivity index (χ0) is 22.1. The van der Waals surface area contributed by atoms with Crippen LogP contribution in [0.25, 0.3) is 11.3 Å². The molecule has 9 heteroatoms. The summed E-state index contributed by atoms with van der Waals surface area (Å²) in [4.78, 5) is 13.1. The number of halogens is 4. The van der Waals surface area contributed by atoms with Crippen LogP contribution >= 0.6 is 0 Å². The van der Waals surface area contributed by atoms with Gasteiger partial charge in [-0.15, -0.1) is 0 Å². The topological polar surface area (TPSA) is 70.8 Å². The SMILES string of the molecule is CC(C)(C)Cc1ncc(-c2cnc(N)c(C(F)(F)F)c2)[nH]1.FCCN1CC2CC2C1. The monoisotopic (exact) mass is 427 g/mol. The smallest absolute Gasteiger partial charge is 0.383 e. The molecule has 5 nitrogen and oxygen atoms in total. The van der Waals surface area contributed by atoms with E-state index in [4.69, 9.17) is 5.73 Å². The van der Waals surface area contributed by atoms with Gasteiger partial charge in [-0.05, 0) is 29.7 Å². The normalized spacial score (nSPS) is 21.2. The van der Waals surface area contributed by atoms with E-state index in [2.05, 4.69) is 40.6 Å². The summed E-state index contributed by atoms with van der Waals surface area (Å²) in [5.74, 6) is 2.11. The quantitative estimate of drug-likeness (QED) is 0.702. The number of rotatable bonds is 4. The Labute approximate surface area is 174 Å². The number of likely N-dealkylation sites (tertiary alicyclic amines) is 1. The number of pyridine rings is 1. The molecular formula is C21H29F4N5. The number of nitrogen functional groups attached to an aromatic ring is 1. The van der Waals surface area contributed by atoms with Gasteiger partial charge in [-0.3, -0.25) is 0 Å². The minimum atomic E-state index is -4.53. The Hall–Kier alpha value is -2.16. The molecule has 2 aromatic heterocycles. The molecule has 0 amide bonds. The lowest BCUT2D eigenvalue weighted by Crippen LogP contribution is -2.24. The first-order valence-electron chi connectivity index (χ1n) is 10.1. The number of imidazole rings is 1. The predicted octanol–water partition coefficient (Wildman–Crippen LogP) is 4.57. The molecule has 0 radical (unpaired) electrons. The van der Waals surface area contributed by atoms with Crippen LogP contribution in [0.15, 0.2) is 18.5 Å². The molecule has 4 rings (SSSR count). The van der Waals surface area contributed by atoms with Crippen molar-refractivity contribution in [2.45, 2.75) is 39.8 Å². The molecule has 2 aliphatic rings. The number of aromatic nitrogens is 3. The number of hydrogen-bond acceptors (Lipinski definition) is 4. The van der Waals surface area contributed by atoms with E-state index in [0.717, 1.165) is 23.7 Å². The molecule has 2 unspecified atom stereocenters. The molecule has 30 heavy (non-hydrogen) atoms. The summed E-state index contributed by atoms with van der Waals surface area (Å²) in [5.41, 5.74) is 5.18. The van der Waals surface area contributed by atoms with Crippen molar-refractivity contribution in [2.24, 2.45) is 17.3 Å². The van der Waals surface area contributed by atoms with Crippen LogP contribution in [0.1, 0.15) is 38.6 Å². The summed E-state index contributed by atoms with van der Waals surface area (Å²) in [5, 5.41) is 0. The molecular weight excluding hydrogens is 398 g/mol. The largest absolute Gasteiger partial charge is 0.419 e. The summed E-state index contributed by atoms with van der Waals surface area (Å²) in [7, 11) is 0.